The van der Waals surface area contributed by atoms with Gasteiger partial charge in [0, 0.05) is 15.5 Å². The molecular weight excluding hydrogens is 360 g/mol. The van der Waals surface area contributed by atoms with Gasteiger partial charge >= 0.3 is 12.0 Å². The van der Waals surface area contributed by atoms with E-state index in [9.17, 15) is 9.59 Å². The second-order valence-electron chi connectivity index (χ2n) is 5.01. The summed E-state index contributed by atoms with van der Waals surface area (Å²) in [5.74, 6) is -1.01. The van der Waals surface area contributed by atoms with Crippen molar-refractivity contribution in [2.75, 3.05) is 11.9 Å². The average Bonchev–Trinajstić information content (AvgIpc) is 2.93. The summed E-state index contributed by atoms with van der Waals surface area (Å²) in [5.41, 5.74) is 0.529. The Bertz CT molecular complexity index is 547. The first-order chi connectivity index (χ1) is 9.97. The van der Waals surface area contributed by atoms with Gasteiger partial charge in [-0.3, -0.25) is 4.79 Å². The summed E-state index contributed by atoms with van der Waals surface area (Å²) in [5, 5.41) is 12.2. The molecule has 2 rings (SSSR count). The average molecular weight is 376 g/mol. The zero-order chi connectivity index (χ0) is 15.4. The van der Waals surface area contributed by atoms with Gasteiger partial charge in [-0.2, -0.15) is 0 Å². The molecular formula is C14H16BrClN2O3. The van der Waals surface area contributed by atoms with E-state index in [1.54, 1.807) is 18.2 Å². The number of rotatable bonds is 4. The summed E-state index contributed by atoms with van der Waals surface area (Å²) in [6, 6.07) is 4.63. The van der Waals surface area contributed by atoms with Crippen LogP contribution < -0.4 is 5.32 Å². The Balaban J connectivity index is 2.13. The van der Waals surface area contributed by atoms with Crippen LogP contribution in [0.15, 0.2) is 22.7 Å². The molecule has 0 heterocycles. The fourth-order valence-electron chi connectivity index (χ4n) is 2.51. The number of hydrogen-bond acceptors (Lipinski definition) is 2. The van der Waals surface area contributed by atoms with E-state index in [0.29, 0.717) is 15.2 Å². The molecule has 7 heteroatoms. The number of carbonyl (C=O) groups excluding carboxylic acids is 1. The molecule has 21 heavy (non-hydrogen) atoms. The molecule has 5 nitrogen and oxygen atoms in total. The van der Waals surface area contributed by atoms with E-state index in [2.05, 4.69) is 21.2 Å². The van der Waals surface area contributed by atoms with Gasteiger partial charge < -0.3 is 15.3 Å². The maximum atomic E-state index is 12.4. The zero-order valence-corrected chi connectivity index (χ0v) is 13.7. The van der Waals surface area contributed by atoms with Gasteiger partial charge in [-0.1, -0.05) is 24.4 Å². The molecule has 0 bridgehead atoms. The first kappa shape index (κ1) is 16.1. The van der Waals surface area contributed by atoms with Gasteiger partial charge in [0.1, 0.15) is 6.54 Å². The highest BCUT2D eigenvalue weighted by molar-refractivity contribution is 9.10. The molecule has 1 fully saturated rings. The van der Waals surface area contributed by atoms with Crippen molar-refractivity contribution in [3.05, 3.63) is 27.7 Å². The Morgan fingerprint density at radius 2 is 2.05 bits per heavy atom. The number of nitrogens with one attached hydrogen (secondary N) is 1. The first-order valence-corrected chi connectivity index (χ1v) is 7.89. The highest BCUT2D eigenvalue weighted by Crippen LogP contribution is 2.28. The molecule has 0 aromatic heterocycles. The lowest BCUT2D eigenvalue weighted by Gasteiger charge is -2.27. The molecule has 0 radical (unpaired) electrons. The van der Waals surface area contributed by atoms with Crippen molar-refractivity contribution >= 4 is 45.2 Å². The SMILES string of the molecule is O=C(O)CN(C(=O)Nc1cc(Cl)ccc1Br)C1CCCC1. The molecule has 1 saturated carbocycles. The highest BCUT2D eigenvalue weighted by Gasteiger charge is 2.28. The lowest BCUT2D eigenvalue weighted by Crippen LogP contribution is -2.44. The van der Waals surface area contributed by atoms with Crippen LogP contribution in [0.4, 0.5) is 10.5 Å². The molecule has 2 amide bonds. The van der Waals surface area contributed by atoms with E-state index >= 15 is 0 Å². The molecule has 114 valence electrons. The maximum Gasteiger partial charge on any atom is 0.323 e. The predicted molar refractivity (Wildman–Crippen MR) is 84.8 cm³/mol. The van der Waals surface area contributed by atoms with E-state index in [4.69, 9.17) is 16.7 Å². The number of halogens is 2. The number of anilines is 1. The van der Waals surface area contributed by atoms with Crippen molar-refractivity contribution in [2.45, 2.75) is 31.7 Å². The minimum Gasteiger partial charge on any atom is -0.480 e. The van der Waals surface area contributed by atoms with E-state index in [1.807, 2.05) is 0 Å². The minimum absolute atomic E-state index is 0.0148. The first-order valence-electron chi connectivity index (χ1n) is 6.72. The number of carboxylic acid groups (broad SMARTS) is 1. The Morgan fingerprint density at radius 3 is 2.67 bits per heavy atom. The Hall–Kier alpha value is -1.27. The maximum absolute atomic E-state index is 12.4. The fourth-order valence-corrected chi connectivity index (χ4v) is 3.03. The van der Waals surface area contributed by atoms with Gasteiger partial charge in [0.2, 0.25) is 0 Å². The van der Waals surface area contributed by atoms with Crippen LogP contribution >= 0.6 is 27.5 Å². The van der Waals surface area contributed by atoms with Crippen molar-refractivity contribution in [3.63, 3.8) is 0 Å². The largest absolute Gasteiger partial charge is 0.480 e. The molecule has 0 aliphatic heterocycles. The lowest BCUT2D eigenvalue weighted by atomic mass is 10.2. The molecule has 1 aliphatic carbocycles. The van der Waals surface area contributed by atoms with Crippen LogP contribution in [-0.4, -0.2) is 34.6 Å². The number of nitrogens with zero attached hydrogens (tertiary/aromatic N) is 1. The summed E-state index contributed by atoms with van der Waals surface area (Å²) in [7, 11) is 0. The van der Waals surface area contributed by atoms with Gasteiger partial charge in [-0.05, 0) is 47.0 Å². The topological polar surface area (TPSA) is 69.6 Å². The number of urea groups is 1. The van der Waals surface area contributed by atoms with E-state index in [0.717, 1.165) is 25.7 Å². The Kier molecular flexibility index (Phi) is 5.47. The smallest absolute Gasteiger partial charge is 0.323 e. The molecule has 0 saturated heterocycles. The number of aliphatic carboxylic acids is 1. The van der Waals surface area contributed by atoms with Gasteiger partial charge in [0.25, 0.3) is 0 Å². The van der Waals surface area contributed by atoms with Crippen LogP contribution in [0.1, 0.15) is 25.7 Å². The fraction of sp³-hybridized carbons (Fsp3) is 0.429. The second-order valence-corrected chi connectivity index (χ2v) is 6.31. The van der Waals surface area contributed by atoms with Gasteiger partial charge in [0.05, 0.1) is 5.69 Å². The van der Waals surface area contributed by atoms with E-state index in [-0.39, 0.29) is 12.6 Å². The summed E-state index contributed by atoms with van der Waals surface area (Å²) >= 11 is 9.25. The minimum atomic E-state index is -1.01. The standard InChI is InChI=1S/C14H16BrClN2O3/c15-11-6-5-9(16)7-12(11)17-14(21)18(8-13(19)20)10-3-1-2-4-10/h5-7,10H,1-4,8H2,(H,17,21)(H,19,20). The second kappa shape index (κ2) is 7.13. The summed E-state index contributed by atoms with van der Waals surface area (Å²) in [6.07, 6.45) is 3.73. The third-order valence-corrected chi connectivity index (χ3v) is 4.43. The Morgan fingerprint density at radius 1 is 1.38 bits per heavy atom. The van der Waals surface area contributed by atoms with Crippen molar-refractivity contribution in [1.29, 1.82) is 0 Å². The lowest BCUT2D eigenvalue weighted by molar-refractivity contribution is -0.138. The van der Waals surface area contributed by atoms with Crippen molar-refractivity contribution in [3.8, 4) is 0 Å². The van der Waals surface area contributed by atoms with Crippen molar-refractivity contribution < 1.29 is 14.7 Å². The number of carboxylic acids is 1. The van der Waals surface area contributed by atoms with Gasteiger partial charge in [-0.15, -0.1) is 0 Å². The highest BCUT2D eigenvalue weighted by atomic mass is 79.9. The number of amides is 2. The number of carbonyl (C=O) groups is 2. The molecule has 1 aromatic carbocycles. The van der Waals surface area contributed by atoms with Gasteiger partial charge in [0.15, 0.2) is 0 Å². The summed E-state index contributed by atoms with van der Waals surface area (Å²) < 4.78 is 0.696. The molecule has 1 aromatic rings. The third kappa shape index (κ3) is 4.35. The molecule has 1 aliphatic rings. The Labute approximate surface area is 136 Å². The van der Waals surface area contributed by atoms with Crippen LogP contribution in [0.2, 0.25) is 5.02 Å². The molecule has 0 spiro atoms. The van der Waals surface area contributed by atoms with E-state index in [1.165, 1.54) is 4.90 Å². The third-order valence-electron chi connectivity index (χ3n) is 3.50. The van der Waals surface area contributed by atoms with Crippen LogP contribution in [0.3, 0.4) is 0 Å². The van der Waals surface area contributed by atoms with Crippen LogP contribution in [0, 0.1) is 0 Å². The number of benzene rings is 1. The summed E-state index contributed by atoms with van der Waals surface area (Å²) in [4.78, 5) is 24.8. The molecule has 2 N–H and O–H groups in total. The van der Waals surface area contributed by atoms with Crippen molar-refractivity contribution in [2.24, 2.45) is 0 Å². The zero-order valence-electron chi connectivity index (χ0n) is 11.3. The monoisotopic (exact) mass is 374 g/mol. The van der Waals surface area contributed by atoms with Crippen molar-refractivity contribution in [1.82, 2.24) is 4.90 Å². The van der Waals surface area contributed by atoms with Gasteiger partial charge in [-0.25, -0.2) is 4.79 Å². The molecule has 0 unspecified atom stereocenters. The number of hydrogen-bond donors (Lipinski definition) is 2. The van der Waals surface area contributed by atoms with E-state index < -0.39 is 12.0 Å². The quantitative estimate of drug-likeness (QED) is 0.837. The van der Waals surface area contributed by atoms with Crippen LogP contribution in [0.5, 0.6) is 0 Å². The molecule has 0 atom stereocenters. The van der Waals surface area contributed by atoms with Crippen LogP contribution in [0.25, 0.3) is 0 Å². The normalized spacial score (nSPS) is 15.0. The summed E-state index contributed by atoms with van der Waals surface area (Å²) in [6.45, 7) is -0.297. The van der Waals surface area contributed by atoms with Crippen LogP contribution in [-0.2, 0) is 4.79 Å². The predicted octanol–water partition coefficient (Wildman–Crippen LogP) is 3.96.